The summed E-state index contributed by atoms with van der Waals surface area (Å²) in [6.45, 7) is 8.85. The Morgan fingerprint density at radius 3 is 1.38 bits per heavy atom. The quantitative estimate of drug-likeness (QED) is 0.688. The molecule has 3 nitrogen and oxygen atoms in total. The molecule has 1 fully saturated rings. The molecule has 4 atom stereocenters. The maximum absolute atomic E-state index is 5.63. The number of likely N-dealkylation sites (tertiary alicyclic amines) is 1. The van der Waals surface area contributed by atoms with E-state index in [0.717, 1.165) is 0 Å². The van der Waals surface area contributed by atoms with E-state index in [2.05, 4.69) is 39.6 Å². The van der Waals surface area contributed by atoms with E-state index < -0.39 is 0 Å². The standard InChI is InChI=1S/C13H26NO2/c1-8(2)10-12(15-6)13(16-7)11(9(3)4)14(10)5/h8-13H,5H2,1-4,6-7H3/q-1/t10-,11-,12+,13+/m1/s1. The van der Waals surface area contributed by atoms with E-state index in [1.807, 2.05) is 0 Å². The molecule has 1 aliphatic rings. The van der Waals surface area contributed by atoms with Gasteiger partial charge in [-0.25, -0.2) is 0 Å². The van der Waals surface area contributed by atoms with Crippen LogP contribution in [-0.4, -0.2) is 43.4 Å². The maximum atomic E-state index is 5.63. The summed E-state index contributed by atoms with van der Waals surface area (Å²) in [4.78, 5) is 2.19. The predicted octanol–water partition coefficient (Wildman–Crippen LogP) is 2.17. The van der Waals surface area contributed by atoms with Gasteiger partial charge in [-0.15, -0.1) is 0 Å². The van der Waals surface area contributed by atoms with E-state index in [1.165, 1.54) is 0 Å². The molecule has 1 heterocycles. The largest absolute Gasteiger partial charge is 0.449 e. The highest BCUT2D eigenvalue weighted by atomic mass is 16.5. The van der Waals surface area contributed by atoms with Gasteiger partial charge < -0.3 is 14.4 Å². The molecule has 0 bridgehead atoms. The first kappa shape index (κ1) is 13.9. The van der Waals surface area contributed by atoms with Crippen LogP contribution in [0.1, 0.15) is 27.7 Å². The van der Waals surface area contributed by atoms with Crippen LogP contribution in [0.25, 0.3) is 0 Å². The van der Waals surface area contributed by atoms with Gasteiger partial charge in [0.15, 0.2) is 0 Å². The third-order valence-electron chi connectivity index (χ3n) is 3.67. The molecule has 1 aliphatic heterocycles. The Bertz CT molecular complexity index is 196. The van der Waals surface area contributed by atoms with Crippen molar-refractivity contribution in [1.82, 2.24) is 4.90 Å². The van der Waals surface area contributed by atoms with E-state index in [0.29, 0.717) is 23.9 Å². The van der Waals surface area contributed by atoms with Crippen LogP contribution in [0, 0.1) is 18.9 Å². The Hall–Kier alpha value is -0.120. The lowest BCUT2D eigenvalue weighted by atomic mass is 9.95. The maximum Gasteiger partial charge on any atom is 0.0980 e. The van der Waals surface area contributed by atoms with Crippen LogP contribution in [0.5, 0.6) is 0 Å². The second kappa shape index (κ2) is 5.48. The van der Waals surface area contributed by atoms with Gasteiger partial charge in [-0.2, -0.15) is 0 Å². The topological polar surface area (TPSA) is 21.7 Å². The van der Waals surface area contributed by atoms with E-state index in [1.54, 1.807) is 14.2 Å². The Balaban J connectivity index is 2.97. The Morgan fingerprint density at radius 2 is 1.19 bits per heavy atom. The number of nitrogens with zero attached hydrogens (tertiary/aromatic N) is 1. The lowest BCUT2D eigenvalue weighted by molar-refractivity contribution is -0.0366. The molecule has 0 aromatic carbocycles. The second-order valence-corrected chi connectivity index (χ2v) is 5.38. The summed E-state index contributed by atoms with van der Waals surface area (Å²) in [6, 6.07) is 0.671. The Kier molecular flexibility index (Phi) is 4.77. The van der Waals surface area contributed by atoms with Gasteiger partial charge in [-0.1, -0.05) is 27.7 Å². The van der Waals surface area contributed by atoms with Crippen molar-refractivity contribution in [3.8, 4) is 0 Å². The number of methoxy groups -OCH3 is 2. The van der Waals surface area contributed by atoms with Crippen molar-refractivity contribution in [2.75, 3.05) is 14.2 Å². The number of rotatable bonds is 4. The predicted molar refractivity (Wildman–Crippen MR) is 66.0 cm³/mol. The van der Waals surface area contributed by atoms with Crippen LogP contribution in [0.15, 0.2) is 0 Å². The van der Waals surface area contributed by atoms with E-state index in [9.17, 15) is 0 Å². The summed E-state index contributed by atoms with van der Waals surface area (Å²) in [5.41, 5.74) is 0. The number of hydrogen-bond acceptors (Lipinski definition) is 3. The molecule has 0 aromatic heterocycles. The highest BCUT2D eigenvalue weighted by Crippen LogP contribution is 2.35. The minimum atomic E-state index is 0.120. The molecular weight excluding hydrogens is 202 g/mol. The van der Waals surface area contributed by atoms with E-state index >= 15 is 0 Å². The van der Waals surface area contributed by atoms with E-state index in [4.69, 9.17) is 9.47 Å². The summed E-state index contributed by atoms with van der Waals surface area (Å²) >= 11 is 0. The van der Waals surface area contributed by atoms with Gasteiger partial charge in [0.05, 0.1) is 12.2 Å². The van der Waals surface area contributed by atoms with Crippen LogP contribution >= 0.6 is 0 Å². The molecule has 0 saturated carbocycles. The third-order valence-corrected chi connectivity index (χ3v) is 3.67. The van der Waals surface area contributed by atoms with Crippen LogP contribution in [0.2, 0.25) is 0 Å². The van der Waals surface area contributed by atoms with Crippen LogP contribution in [0.3, 0.4) is 0 Å². The molecule has 3 heteroatoms. The smallest absolute Gasteiger partial charge is 0.0980 e. The van der Waals surface area contributed by atoms with E-state index in [-0.39, 0.29) is 12.2 Å². The van der Waals surface area contributed by atoms with Crippen LogP contribution in [0.4, 0.5) is 0 Å². The van der Waals surface area contributed by atoms with Crippen molar-refractivity contribution in [2.24, 2.45) is 11.8 Å². The van der Waals surface area contributed by atoms with Crippen LogP contribution in [-0.2, 0) is 9.47 Å². The highest BCUT2D eigenvalue weighted by molar-refractivity contribution is 5.04. The molecule has 0 spiro atoms. The van der Waals surface area contributed by atoms with Gasteiger partial charge in [0.25, 0.3) is 0 Å². The zero-order valence-corrected chi connectivity index (χ0v) is 11.4. The molecule has 0 radical (unpaired) electrons. The number of ether oxygens (including phenoxy) is 2. The Morgan fingerprint density at radius 1 is 0.875 bits per heavy atom. The van der Waals surface area contributed by atoms with Gasteiger partial charge in [0.1, 0.15) is 0 Å². The van der Waals surface area contributed by atoms with Gasteiger partial charge in [0, 0.05) is 26.3 Å². The second-order valence-electron chi connectivity index (χ2n) is 5.38. The minimum Gasteiger partial charge on any atom is -0.449 e. The lowest BCUT2D eigenvalue weighted by Gasteiger charge is -2.38. The van der Waals surface area contributed by atoms with Crippen molar-refractivity contribution in [2.45, 2.75) is 52.0 Å². The molecular formula is C13H26NO2-. The lowest BCUT2D eigenvalue weighted by Crippen LogP contribution is -2.40. The molecule has 0 aliphatic carbocycles. The average molecular weight is 228 g/mol. The van der Waals surface area contributed by atoms with Crippen molar-refractivity contribution >= 4 is 0 Å². The van der Waals surface area contributed by atoms with Crippen LogP contribution < -0.4 is 0 Å². The molecule has 0 amide bonds. The van der Waals surface area contributed by atoms with Crippen molar-refractivity contribution in [1.29, 1.82) is 0 Å². The first-order chi connectivity index (χ1) is 7.45. The van der Waals surface area contributed by atoms with Gasteiger partial charge in [-0.05, 0) is 11.8 Å². The van der Waals surface area contributed by atoms with Crippen molar-refractivity contribution in [3.05, 3.63) is 7.05 Å². The fourth-order valence-corrected chi connectivity index (χ4v) is 3.04. The first-order valence-electron chi connectivity index (χ1n) is 6.10. The molecule has 0 unspecified atom stereocenters. The van der Waals surface area contributed by atoms with Gasteiger partial charge in [0.2, 0.25) is 0 Å². The first-order valence-corrected chi connectivity index (χ1v) is 6.10. The zero-order valence-electron chi connectivity index (χ0n) is 11.4. The summed E-state index contributed by atoms with van der Waals surface area (Å²) < 4.78 is 11.3. The number of hydrogen-bond donors (Lipinski definition) is 0. The van der Waals surface area contributed by atoms with Gasteiger partial charge in [-0.3, -0.25) is 7.05 Å². The van der Waals surface area contributed by atoms with Crippen molar-refractivity contribution < 1.29 is 9.47 Å². The SMILES string of the molecule is [CH2-]N1[C@H](C(C)C)[C@H](OC)[C@@H](OC)[C@H]1C(C)C. The molecule has 1 saturated heterocycles. The fourth-order valence-electron chi connectivity index (χ4n) is 3.04. The summed E-state index contributed by atoms with van der Waals surface area (Å²) in [7, 11) is 7.75. The Labute approximate surface area is 100 Å². The molecule has 0 aromatic rings. The summed E-state index contributed by atoms with van der Waals surface area (Å²) in [6.07, 6.45) is 0.241. The normalized spacial score (nSPS) is 36.6. The van der Waals surface area contributed by atoms with Crippen molar-refractivity contribution in [3.63, 3.8) is 0 Å². The summed E-state index contributed by atoms with van der Waals surface area (Å²) in [5.74, 6) is 1.03. The fraction of sp³-hybridized carbons (Fsp3) is 0.923. The molecule has 16 heavy (non-hydrogen) atoms. The highest BCUT2D eigenvalue weighted by Gasteiger charge is 2.46. The minimum absolute atomic E-state index is 0.120. The van der Waals surface area contributed by atoms with Gasteiger partial charge >= 0.3 is 0 Å². The molecule has 1 rings (SSSR count). The molecule has 0 N–H and O–H groups in total. The summed E-state index contributed by atoms with van der Waals surface area (Å²) in [5, 5.41) is 0. The molecule has 96 valence electrons. The third kappa shape index (κ3) is 2.27. The zero-order chi connectivity index (χ0) is 12.5. The average Bonchev–Trinajstić information content (AvgIpc) is 2.49. The monoisotopic (exact) mass is 228 g/mol.